The lowest BCUT2D eigenvalue weighted by Crippen LogP contribution is -2.47. The van der Waals surface area contributed by atoms with Crippen LogP contribution in [0.25, 0.3) is 15.7 Å². The number of aromatic amines is 1. The van der Waals surface area contributed by atoms with Crippen molar-refractivity contribution in [2.24, 2.45) is 0 Å². The van der Waals surface area contributed by atoms with Gasteiger partial charge in [-0.15, -0.1) is 0 Å². The first-order valence-electron chi connectivity index (χ1n) is 10.0. The van der Waals surface area contributed by atoms with Crippen molar-refractivity contribution >= 4 is 22.5 Å². The number of nitrogens with zero attached hydrogens (tertiary/aromatic N) is 5. The molecule has 7 heteroatoms. The first kappa shape index (κ1) is 19.2. The van der Waals surface area contributed by atoms with Gasteiger partial charge in [-0.3, -0.25) is 4.90 Å². The highest BCUT2D eigenvalue weighted by Crippen LogP contribution is 2.25. The van der Waals surface area contributed by atoms with Crippen molar-refractivity contribution in [1.82, 2.24) is 19.9 Å². The Labute approximate surface area is 171 Å². The number of methoxy groups -OCH3 is 1. The topological polar surface area (TPSA) is 61.6 Å². The van der Waals surface area contributed by atoms with Crippen molar-refractivity contribution in [2.45, 2.75) is 19.8 Å². The minimum atomic E-state index is 0.620. The summed E-state index contributed by atoms with van der Waals surface area (Å²) in [6, 6.07) is 7.70. The van der Waals surface area contributed by atoms with E-state index in [1.165, 1.54) is 10.9 Å². The molecule has 7 nitrogen and oxygen atoms in total. The van der Waals surface area contributed by atoms with Gasteiger partial charge < -0.3 is 14.6 Å². The van der Waals surface area contributed by atoms with Gasteiger partial charge in [0, 0.05) is 49.7 Å². The van der Waals surface area contributed by atoms with Crippen LogP contribution in [0, 0.1) is 13.5 Å². The fourth-order valence-electron chi connectivity index (χ4n) is 3.88. The number of fused-ring (bicyclic) bond motifs is 1. The van der Waals surface area contributed by atoms with Crippen LogP contribution in [0.5, 0.6) is 5.88 Å². The van der Waals surface area contributed by atoms with Crippen molar-refractivity contribution in [1.29, 1.82) is 0 Å². The first-order valence-corrected chi connectivity index (χ1v) is 10.0. The molecule has 1 fully saturated rings. The summed E-state index contributed by atoms with van der Waals surface area (Å²) >= 11 is 0. The highest BCUT2D eigenvalue weighted by atomic mass is 16.5. The minimum absolute atomic E-state index is 0.620. The molecule has 29 heavy (non-hydrogen) atoms. The number of H-pyrrole nitrogens is 1. The molecule has 1 saturated heterocycles. The predicted molar refractivity (Wildman–Crippen MR) is 115 cm³/mol. The van der Waals surface area contributed by atoms with E-state index in [0.717, 1.165) is 62.7 Å². The first-order chi connectivity index (χ1) is 14.2. The van der Waals surface area contributed by atoms with Crippen LogP contribution in [-0.2, 0) is 6.42 Å². The molecule has 0 atom stereocenters. The Morgan fingerprint density at radius 1 is 1.17 bits per heavy atom. The Hall–Kier alpha value is -3.11. The molecule has 1 aromatic carbocycles. The summed E-state index contributed by atoms with van der Waals surface area (Å²) in [6.07, 6.45) is 4.20. The molecule has 0 bridgehead atoms. The van der Waals surface area contributed by atoms with E-state index in [0.29, 0.717) is 11.6 Å². The van der Waals surface area contributed by atoms with E-state index in [4.69, 9.17) is 11.3 Å². The van der Waals surface area contributed by atoms with Crippen LogP contribution in [0.2, 0.25) is 0 Å². The lowest BCUT2D eigenvalue weighted by atomic mass is 10.1. The molecule has 0 spiro atoms. The van der Waals surface area contributed by atoms with Crippen LogP contribution < -0.4 is 9.64 Å². The number of benzene rings is 1. The number of aromatic nitrogens is 3. The average molecular weight is 390 g/mol. The lowest BCUT2D eigenvalue weighted by molar-refractivity contribution is 0.253. The normalized spacial score (nSPS) is 14.9. The largest absolute Gasteiger partial charge is 0.481 e. The number of rotatable bonds is 6. The smallest absolute Gasteiger partial charge is 0.228 e. The summed E-state index contributed by atoms with van der Waals surface area (Å²) in [5.74, 6) is 1.38. The summed E-state index contributed by atoms with van der Waals surface area (Å²) in [5, 5.41) is 1.17. The molecule has 1 N–H and O–H groups in total. The third-order valence-electron chi connectivity index (χ3n) is 5.48. The summed E-state index contributed by atoms with van der Waals surface area (Å²) in [5.41, 5.74) is 4.03. The Morgan fingerprint density at radius 3 is 2.76 bits per heavy atom. The number of ether oxygens (including phenoxy) is 1. The number of hydrogen-bond donors (Lipinski definition) is 1. The Balaban J connectivity index is 1.30. The summed E-state index contributed by atoms with van der Waals surface area (Å²) < 4.78 is 5.27. The molecule has 3 aromatic rings. The van der Waals surface area contributed by atoms with Gasteiger partial charge in [0.25, 0.3) is 0 Å². The molecule has 1 aliphatic rings. The van der Waals surface area contributed by atoms with Crippen molar-refractivity contribution in [3.05, 3.63) is 53.1 Å². The number of nitrogens with one attached hydrogen (secondary N) is 1. The van der Waals surface area contributed by atoms with Crippen LogP contribution in [0.15, 0.2) is 30.5 Å². The molecular formula is C22H26N6O. The van der Waals surface area contributed by atoms with E-state index < -0.39 is 0 Å². The number of hydrogen-bond acceptors (Lipinski definition) is 5. The van der Waals surface area contributed by atoms with Gasteiger partial charge in [-0.05, 0) is 49.4 Å². The zero-order chi connectivity index (χ0) is 20.2. The second-order valence-corrected chi connectivity index (χ2v) is 7.44. The molecule has 4 rings (SSSR count). The molecule has 3 heterocycles. The molecular weight excluding hydrogens is 364 g/mol. The molecule has 0 aliphatic carbocycles. The van der Waals surface area contributed by atoms with Crippen molar-refractivity contribution in [3.8, 4) is 5.88 Å². The second kappa shape index (κ2) is 8.50. The molecule has 0 radical (unpaired) electrons. The Kier molecular flexibility index (Phi) is 5.63. The fourth-order valence-corrected chi connectivity index (χ4v) is 3.88. The maximum atomic E-state index is 7.22. The zero-order valence-electron chi connectivity index (χ0n) is 17.0. The number of aryl methyl sites for hydroxylation is 2. The summed E-state index contributed by atoms with van der Waals surface area (Å²) in [4.78, 5) is 20.7. The zero-order valence-corrected chi connectivity index (χ0v) is 17.0. The standard InChI is InChI=1S/C22H26N6O/c1-16-13-21(29-3)26-22(25-16)28-11-9-27(10-12-28)8-4-5-17-15-24-20-7-6-18(23-2)14-19(17)20/h6-7,13-15,24H,4-5,8-12H2,1,3H3. The quantitative estimate of drug-likeness (QED) is 0.652. The van der Waals surface area contributed by atoms with E-state index in [2.05, 4.69) is 35.8 Å². The van der Waals surface area contributed by atoms with E-state index >= 15 is 0 Å². The van der Waals surface area contributed by atoms with Gasteiger partial charge in [-0.1, -0.05) is 6.07 Å². The molecule has 1 aliphatic heterocycles. The van der Waals surface area contributed by atoms with Crippen LogP contribution in [0.3, 0.4) is 0 Å². The lowest BCUT2D eigenvalue weighted by Gasteiger charge is -2.34. The van der Waals surface area contributed by atoms with Gasteiger partial charge in [0.05, 0.1) is 13.7 Å². The molecule has 0 unspecified atom stereocenters. The predicted octanol–water partition coefficient (Wildman–Crippen LogP) is 3.58. The van der Waals surface area contributed by atoms with Gasteiger partial charge in [0.1, 0.15) is 0 Å². The van der Waals surface area contributed by atoms with Crippen LogP contribution >= 0.6 is 0 Å². The number of piperazine rings is 1. The average Bonchev–Trinajstić information content (AvgIpc) is 3.16. The Bertz CT molecular complexity index is 1030. The molecule has 2 aromatic heterocycles. The van der Waals surface area contributed by atoms with Crippen molar-refractivity contribution in [2.75, 3.05) is 44.7 Å². The Morgan fingerprint density at radius 2 is 2.00 bits per heavy atom. The molecule has 0 saturated carbocycles. The maximum absolute atomic E-state index is 7.22. The van der Waals surface area contributed by atoms with E-state index in [1.807, 2.05) is 31.2 Å². The SMILES string of the molecule is [C-]#[N+]c1ccc2[nH]cc(CCCN3CCN(c4nc(C)cc(OC)n4)CC3)c2c1. The highest BCUT2D eigenvalue weighted by Gasteiger charge is 2.19. The van der Waals surface area contributed by atoms with Gasteiger partial charge >= 0.3 is 0 Å². The van der Waals surface area contributed by atoms with E-state index in [9.17, 15) is 0 Å². The minimum Gasteiger partial charge on any atom is -0.481 e. The maximum Gasteiger partial charge on any atom is 0.228 e. The third kappa shape index (κ3) is 4.33. The van der Waals surface area contributed by atoms with E-state index in [1.54, 1.807) is 7.11 Å². The summed E-state index contributed by atoms with van der Waals surface area (Å²) in [7, 11) is 1.64. The third-order valence-corrected chi connectivity index (χ3v) is 5.48. The van der Waals surface area contributed by atoms with Crippen LogP contribution in [0.1, 0.15) is 17.7 Å². The monoisotopic (exact) mass is 390 g/mol. The number of anilines is 1. The van der Waals surface area contributed by atoms with Crippen LogP contribution in [0.4, 0.5) is 11.6 Å². The van der Waals surface area contributed by atoms with Gasteiger partial charge in [0.15, 0.2) is 5.69 Å². The molecule has 150 valence electrons. The molecule has 0 amide bonds. The van der Waals surface area contributed by atoms with Crippen molar-refractivity contribution in [3.63, 3.8) is 0 Å². The van der Waals surface area contributed by atoms with E-state index in [-0.39, 0.29) is 0 Å². The van der Waals surface area contributed by atoms with Gasteiger partial charge in [-0.25, -0.2) is 9.83 Å². The van der Waals surface area contributed by atoms with Crippen molar-refractivity contribution < 1.29 is 4.74 Å². The fraction of sp³-hybridized carbons (Fsp3) is 0.409. The summed E-state index contributed by atoms with van der Waals surface area (Å²) in [6.45, 7) is 14.1. The second-order valence-electron chi connectivity index (χ2n) is 7.44. The van der Waals surface area contributed by atoms with Gasteiger partial charge in [0.2, 0.25) is 11.8 Å². The van der Waals surface area contributed by atoms with Gasteiger partial charge in [-0.2, -0.15) is 4.98 Å². The highest BCUT2D eigenvalue weighted by molar-refractivity contribution is 5.86. The van der Waals surface area contributed by atoms with Crippen LogP contribution in [-0.4, -0.2) is 59.7 Å².